The number of carbonyl (C=O) groups excluding carboxylic acids is 1. The lowest BCUT2D eigenvalue weighted by atomic mass is 10.1. The highest BCUT2D eigenvalue weighted by atomic mass is 32.2. The van der Waals surface area contributed by atoms with Gasteiger partial charge in [0.2, 0.25) is 0 Å². The van der Waals surface area contributed by atoms with Crippen molar-refractivity contribution in [3.63, 3.8) is 0 Å². The summed E-state index contributed by atoms with van der Waals surface area (Å²) in [7, 11) is -7.27. The highest BCUT2D eigenvalue weighted by Crippen LogP contribution is 2.25. The smallest absolute Gasteiger partial charge is 0.328 e. The molecule has 0 radical (unpaired) electrons. The van der Waals surface area contributed by atoms with Crippen LogP contribution in [-0.4, -0.2) is 45.2 Å². The minimum absolute atomic E-state index is 0.0230. The van der Waals surface area contributed by atoms with Crippen LogP contribution in [0.2, 0.25) is 0 Å². The van der Waals surface area contributed by atoms with E-state index in [1.54, 1.807) is 30.3 Å². The van der Waals surface area contributed by atoms with E-state index in [0.717, 1.165) is 28.2 Å². The quantitative estimate of drug-likeness (QED) is 0.352. The summed E-state index contributed by atoms with van der Waals surface area (Å²) in [5, 5.41) is 2.58. The molecule has 0 aliphatic rings. The topological polar surface area (TPSA) is 127 Å². The van der Waals surface area contributed by atoms with Crippen LogP contribution in [0.1, 0.15) is 23.9 Å². The largest absolute Gasteiger partial charge is 0.337 e. The first-order valence-electron chi connectivity index (χ1n) is 11.7. The molecular weight excluding hydrogens is 512 g/mol. The molecule has 0 aliphatic heterocycles. The van der Waals surface area contributed by atoms with E-state index in [9.17, 15) is 21.6 Å². The minimum Gasteiger partial charge on any atom is -0.337 e. The average Bonchev–Trinajstić information content (AvgIpc) is 3.22. The second-order valence-corrected chi connectivity index (χ2v) is 12.4. The molecule has 2 N–H and O–H groups in total. The number of imidazole rings is 1. The molecule has 0 aliphatic carbocycles. The molecule has 9 nitrogen and oxygen atoms in total. The Labute approximate surface area is 216 Å². The van der Waals surface area contributed by atoms with Gasteiger partial charge in [-0.15, -0.1) is 0 Å². The Morgan fingerprint density at radius 3 is 2.19 bits per heavy atom. The summed E-state index contributed by atoms with van der Waals surface area (Å²) in [6.45, 7) is 4.08. The van der Waals surface area contributed by atoms with Gasteiger partial charge < -0.3 is 5.32 Å². The number of amides is 2. The number of hydrogen-bond acceptors (Lipinski definition) is 6. The second-order valence-electron chi connectivity index (χ2n) is 8.73. The van der Waals surface area contributed by atoms with Crippen LogP contribution in [0.4, 0.5) is 4.79 Å². The van der Waals surface area contributed by atoms with Crippen LogP contribution >= 0.6 is 0 Å². The third-order valence-corrected chi connectivity index (χ3v) is 8.35. The van der Waals surface area contributed by atoms with E-state index in [0.29, 0.717) is 18.4 Å². The van der Waals surface area contributed by atoms with Crippen molar-refractivity contribution in [1.82, 2.24) is 19.6 Å². The van der Waals surface area contributed by atoms with E-state index in [2.05, 4.69) is 10.3 Å². The molecule has 0 fully saturated rings. The van der Waals surface area contributed by atoms with Gasteiger partial charge in [-0.3, -0.25) is 4.57 Å². The van der Waals surface area contributed by atoms with Crippen LogP contribution in [0.5, 0.6) is 0 Å². The van der Waals surface area contributed by atoms with Crippen LogP contribution in [0.25, 0.3) is 16.7 Å². The first kappa shape index (κ1) is 26.4. The summed E-state index contributed by atoms with van der Waals surface area (Å²) in [5.74, 6) is 0.807. The van der Waals surface area contributed by atoms with Crippen molar-refractivity contribution in [2.75, 3.05) is 12.8 Å². The van der Waals surface area contributed by atoms with Crippen LogP contribution in [-0.2, 0) is 32.7 Å². The Balaban J connectivity index is 1.42. The number of hydrogen-bond donors (Lipinski definition) is 2. The van der Waals surface area contributed by atoms with Crippen LogP contribution < -0.4 is 10.0 Å². The zero-order valence-corrected chi connectivity index (χ0v) is 22.4. The van der Waals surface area contributed by atoms with Crippen LogP contribution in [0.15, 0.2) is 76.5 Å². The first-order valence-corrected chi connectivity index (χ1v) is 15.0. The van der Waals surface area contributed by atoms with Crippen molar-refractivity contribution in [3.8, 4) is 5.69 Å². The normalized spacial score (nSPS) is 12.0. The molecule has 4 aromatic rings. The predicted molar refractivity (Wildman–Crippen MR) is 142 cm³/mol. The SMILES string of the molecule is CCc1nc2cc(S(C)(=O)=O)ccc2n1-c1ccc(CCNC(=O)NS(=O)(=O)c2ccc(C)cc2)cc1. The van der Waals surface area contributed by atoms with Gasteiger partial charge in [-0.2, -0.15) is 0 Å². The number of sulfone groups is 1. The van der Waals surface area contributed by atoms with Gasteiger partial charge in [0.05, 0.1) is 20.8 Å². The Morgan fingerprint density at radius 2 is 1.57 bits per heavy atom. The third-order valence-electron chi connectivity index (χ3n) is 5.89. The van der Waals surface area contributed by atoms with Gasteiger partial charge in [0.25, 0.3) is 10.0 Å². The number of rotatable bonds is 8. The van der Waals surface area contributed by atoms with Gasteiger partial charge in [-0.1, -0.05) is 36.8 Å². The summed E-state index contributed by atoms with van der Waals surface area (Å²) in [4.78, 5) is 17.0. The van der Waals surface area contributed by atoms with Crippen LogP contribution in [0.3, 0.4) is 0 Å². The number of aryl methyl sites for hydroxylation is 2. The molecule has 11 heteroatoms. The zero-order chi connectivity index (χ0) is 26.8. The number of aromatic nitrogens is 2. The van der Waals surface area contributed by atoms with Gasteiger partial charge in [-0.05, 0) is 61.4 Å². The second kappa shape index (κ2) is 10.3. The standard InChI is InChI=1S/C26H28N4O5S2/c1-4-25-28-23-17-22(36(3,32)33)13-14-24(23)30(25)20-9-7-19(8-10-20)15-16-27-26(31)29-37(34,35)21-11-5-18(2)6-12-21/h5-14,17H,4,15-16H2,1-3H3,(H2,27,29,31). The number of urea groups is 1. The molecule has 37 heavy (non-hydrogen) atoms. The Hall–Kier alpha value is -3.70. The fourth-order valence-corrected chi connectivity index (χ4v) is 5.50. The van der Waals surface area contributed by atoms with Gasteiger partial charge in [-0.25, -0.2) is 31.3 Å². The molecule has 1 aromatic heterocycles. The lowest BCUT2D eigenvalue weighted by Crippen LogP contribution is -2.40. The predicted octanol–water partition coefficient (Wildman–Crippen LogP) is 3.53. The molecule has 0 unspecified atom stereocenters. The first-order chi connectivity index (χ1) is 17.5. The van der Waals surface area contributed by atoms with E-state index in [-0.39, 0.29) is 16.3 Å². The molecule has 194 valence electrons. The number of carbonyl (C=O) groups is 1. The summed E-state index contributed by atoms with van der Waals surface area (Å²) < 4.78 is 52.5. The van der Waals surface area contributed by atoms with E-state index in [4.69, 9.17) is 0 Å². The van der Waals surface area contributed by atoms with Gasteiger partial charge in [0, 0.05) is 24.9 Å². The molecular formula is C26H28N4O5S2. The number of nitrogens with zero attached hydrogens (tertiary/aromatic N) is 2. The minimum atomic E-state index is -3.94. The van der Waals surface area contributed by atoms with Gasteiger partial charge in [0.1, 0.15) is 5.82 Å². The Bertz CT molecular complexity index is 1660. The molecule has 0 atom stereocenters. The summed E-state index contributed by atoms with van der Waals surface area (Å²) in [6, 6.07) is 18.1. The van der Waals surface area contributed by atoms with Crippen molar-refractivity contribution in [2.45, 2.75) is 36.5 Å². The maximum atomic E-state index is 12.3. The van der Waals surface area contributed by atoms with Crippen molar-refractivity contribution in [2.24, 2.45) is 0 Å². The molecule has 0 spiro atoms. The molecule has 3 aromatic carbocycles. The zero-order valence-electron chi connectivity index (χ0n) is 20.7. The molecule has 0 saturated heterocycles. The fraction of sp³-hybridized carbons (Fsp3) is 0.231. The van der Waals surface area contributed by atoms with Gasteiger partial charge in [0.15, 0.2) is 9.84 Å². The molecule has 1 heterocycles. The number of sulfonamides is 1. The molecule has 0 bridgehead atoms. The van der Waals surface area contributed by atoms with Crippen LogP contribution in [0, 0.1) is 6.92 Å². The number of nitrogens with one attached hydrogen (secondary N) is 2. The van der Waals surface area contributed by atoms with Crippen molar-refractivity contribution in [3.05, 3.63) is 83.7 Å². The monoisotopic (exact) mass is 540 g/mol. The highest BCUT2D eigenvalue weighted by Gasteiger charge is 2.17. The number of fused-ring (bicyclic) bond motifs is 1. The third kappa shape index (κ3) is 6.00. The Morgan fingerprint density at radius 1 is 0.919 bits per heavy atom. The van der Waals surface area contributed by atoms with Crippen molar-refractivity contribution in [1.29, 1.82) is 0 Å². The van der Waals surface area contributed by atoms with Crippen molar-refractivity contribution >= 4 is 36.9 Å². The maximum absolute atomic E-state index is 12.3. The van der Waals surface area contributed by atoms with E-state index >= 15 is 0 Å². The maximum Gasteiger partial charge on any atom is 0.328 e. The van der Waals surface area contributed by atoms with E-state index in [1.165, 1.54) is 18.4 Å². The summed E-state index contributed by atoms with van der Waals surface area (Å²) in [6.07, 6.45) is 2.34. The average molecular weight is 541 g/mol. The Kier molecular flexibility index (Phi) is 7.37. The lowest BCUT2D eigenvalue weighted by Gasteiger charge is -2.11. The van der Waals surface area contributed by atoms with E-state index in [1.807, 2.05) is 47.4 Å². The van der Waals surface area contributed by atoms with Crippen molar-refractivity contribution < 1.29 is 21.6 Å². The lowest BCUT2D eigenvalue weighted by molar-refractivity contribution is 0.246. The fourth-order valence-electron chi connectivity index (χ4n) is 3.93. The van der Waals surface area contributed by atoms with Gasteiger partial charge >= 0.3 is 6.03 Å². The number of benzene rings is 3. The summed E-state index contributed by atoms with van der Waals surface area (Å²) in [5.41, 5.74) is 4.17. The highest BCUT2D eigenvalue weighted by molar-refractivity contribution is 7.90. The van der Waals surface area contributed by atoms with E-state index < -0.39 is 25.9 Å². The summed E-state index contributed by atoms with van der Waals surface area (Å²) >= 11 is 0. The molecule has 2 amide bonds. The molecule has 0 saturated carbocycles. The molecule has 4 rings (SSSR count).